The molecular weight excluding hydrogens is 574 g/mol. The van der Waals surface area contributed by atoms with Crippen molar-refractivity contribution in [2.45, 2.75) is 36.9 Å². The number of nitrogens with one attached hydrogen (secondary N) is 2. The van der Waals surface area contributed by atoms with Gasteiger partial charge in [-0.3, -0.25) is 14.2 Å². The molecule has 0 saturated carbocycles. The van der Waals surface area contributed by atoms with Crippen LogP contribution in [0.4, 0.5) is 5.95 Å². The van der Waals surface area contributed by atoms with E-state index in [4.69, 9.17) is 0 Å². The monoisotopic (exact) mass is 601 g/mol. The predicted molar refractivity (Wildman–Crippen MR) is 148 cm³/mol. The number of sulfonamides is 1. The van der Waals surface area contributed by atoms with Crippen LogP contribution in [-0.2, 0) is 37.9 Å². The van der Waals surface area contributed by atoms with Crippen molar-refractivity contribution in [3.63, 3.8) is 0 Å². The number of amides is 1. The second kappa shape index (κ2) is 11.3. The maximum Gasteiger partial charge on any atom is 0.284 e. The zero-order valence-corrected chi connectivity index (χ0v) is 23.5. The van der Waals surface area contributed by atoms with Crippen LogP contribution in [-0.4, -0.2) is 81.1 Å². The van der Waals surface area contributed by atoms with E-state index in [9.17, 15) is 26.4 Å². The van der Waals surface area contributed by atoms with Gasteiger partial charge in [0.25, 0.3) is 15.6 Å². The Bertz CT molecular complexity index is 1830. The van der Waals surface area contributed by atoms with E-state index in [0.29, 0.717) is 36.9 Å². The Morgan fingerprint density at radius 2 is 1.78 bits per heavy atom. The second-order valence-electron chi connectivity index (χ2n) is 9.50. The van der Waals surface area contributed by atoms with Crippen molar-refractivity contribution in [2.24, 2.45) is 0 Å². The lowest BCUT2D eigenvalue weighted by Crippen LogP contribution is -2.42. The van der Waals surface area contributed by atoms with Crippen molar-refractivity contribution < 1.29 is 21.6 Å². The van der Waals surface area contributed by atoms with Gasteiger partial charge in [0.05, 0.1) is 11.2 Å². The van der Waals surface area contributed by atoms with Gasteiger partial charge in [-0.25, -0.2) is 22.7 Å². The topological polar surface area (TPSA) is 191 Å². The summed E-state index contributed by atoms with van der Waals surface area (Å²) in [5, 5.41) is 10.2. The Morgan fingerprint density at radius 1 is 1.05 bits per heavy atom. The van der Waals surface area contributed by atoms with Gasteiger partial charge in [0.15, 0.2) is 0 Å². The van der Waals surface area contributed by atoms with Crippen LogP contribution in [0.25, 0.3) is 11.0 Å². The summed E-state index contributed by atoms with van der Waals surface area (Å²) in [5.41, 5.74) is 0.514. The highest BCUT2D eigenvalue weighted by Crippen LogP contribution is 2.18. The van der Waals surface area contributed by atoms with E-state index in [-0.39, 0.29) is 35.6 Å². The summed E-state index contributed by atoms with van der Waals surface area (Å²) in [6, 6.07) is 8.82. The molecule has 0 bridgehead atoms. The average molecular weight is 602 g/mol. The summed E-state index contributed by atoms with van der Waals surface area (Å²) in [5.74, 6) is -0.170. The lowest BCUT2D eigenvalue weighted by Gasteiger charge is -2.30. The molecule has 15 nitrogen and oxygen atoms in total. The number of benzene rings is 1. The predicted octanol–water partition coefficient (Wildman–Crippen LogP) is -0.228. The van der Waals surface area contributed by atoms with Crippen LogP contribution in [0.3, 0.4) is 0 Å². The molecule has 4 heterocycles. The van der Waals surface area contributed by atoms with Crippen LogP contribution >= 0.6 is 0 Å². The van der Waals surface area contributed by atoms with E-state index in [1.807, 2.05) is 0 Å². The van der Waals surface area contributed by atoms with Gasteiger partial charge < -0.3 is 10.6 Å². The van der Waals surface area contributed by atoms with E-state index < -0.39 is 31.5 Å². The smallest absolute Gasteiger partial charge is 0.284 e. The number of carbonyl (C=O) groups excluding carboxylic acids is 1. The summed E-state index contributed by atoms with van der Waals surface area (Å²) >= 11 is 0. The normalized spacial score (nSPS) is 15.1. The summed E-state index contributed by atoms with van der Waals surface area (Å²) in [7, 11) is -7.10. The summed E-state index contributed by atoms with van der Waals surface area (Å²) in [6.07, 6.45) is 6.11. The molecule has 0 radical (unpaired) electrons. The van der Waals surface area contributed by atoms with Crippen molar-refractivity contribution >= 4 is 42.9 Å². The fraction of sp³-hybridized carbons (Fsp3) is 0.333. The third-order valence-corrected chi connectivity index (χ3v) is 9.49. The first-order chi connectivity index (χ1) is 19.5. The van der Waals surface area contributed by atoms with E-state index in [1.54, 1.807) is 24.4 Å². The van der Waals surface area contributed by atoms with Crippen LogP contribution in [0.1, 0.15) is 18.4 Å². The molecule has 1 saturated heterocycles. The van der Waals surface area contributed by atoms with E-state index in [0.717, 1.165) is 16.7 Å². The fourth-order valence-electron chi connectivity index (χ4n) is 4.42. The molecule has 2 N–H and O–H groups in total. The van der Waals surface area contributed by atoms with Gasteiger partial charge in [-0.2, -0.15) is 13.4 Å². The minimum Gasteiger partial charge on any atom is -0.351 e. The number of piperidine rings is 1. The van der Waals surface area contributed by atoms with E-state index >= 15 is 0 Å². The van der Waals surface area contributed by atoms with E-state index in [2.05, 4.69) is 30.7 Å². The molecule has 1 aliphatic heterocycles. The lowest BCUT2D eigenvalue weighted by atomic mass is 10.1. The summed E-state index contributed by atoms with van der Waals surface area (Å²) < 4.78 is 52.0. The standard InChI is InChI=1S/C24H27N9O6S2/c1-40(36,37)31-10-8-19(9-11-31)29-24-27-13-18-4-7-22(35)32(23(18)30-24)14-21(34)26-12-17-2-5-20(6-3-17)41(38,39)33-16-25-15-28-33/h2-7,13,15-16,19H,8-12,14H2,1H3,(H,26,34)(H,27,29,30). The van der Waals surface area contributed by atoms with Gasteiger partial charge in [-0.1, -0.05) is 12.1 Å². The van der Waals surface area contributed by atoms with Crippen LogP contribution in [0.2, 0.25) is 0 Å². The molecule has 0 aliphatic carbocycles. The fourth-order valence-corrected chi connectivity index (χ4v) is 6.33. The SMILES string of the molecule is CS(=O)(=O)N1CCC(Nc2ncc3ccc(=O)n(CC(=O)NCc4ccc(S(=O)(=O)n5cncn5)cc4)c3n2)CC1. The summed E-state index contributed by atoms with van der Waals surface area (Å²) in [6.45, 7) is 0.582. The molecule has 5 rings (SSSR count). The van der Waals surface area contributed by atoms with Crippen LogP contribution in [0.5, 0.6) is 0 Å². The van der Waals surface area contributed by atoms with Crippen LogP contribution < -0.4 is 16.2 Å². The van der Waals surface area contributed by atoms with Crippen molar-refractivity contribution in [3.8, 4) is 0 Å². The van der Waals surface area contributed by atoms with E-state index in [1.165, 1.54) is 33.3 Å². The molecule has 41 heavy (non-hydrogen) atoms. The highest BCUT2D eigenvalue weighted by atomic mass is 32.2. The number of carbonyl (C=O) groups is 1. The van der Waals surface area contributed by atoms with Crippen molar-refractivity contribution in [3.05, 3.63) is 71.2 Å². The molecule has 0 atom stereocenters. The molecule has 216 valence electrons. The quantitative estimate of drug-likeness (QED) is 0.258. The first-order valence-corrected chi connectivity index (χ1v) is 15.8. The number of hydrogen-bond donors (Lipinski definition) is 2. The second-order valence-corrected chi connectivity index (χ2v) is 13.3. The van der Waals surface area contributed by atoms with Gasteiger partial charge in [0, 0.05) is 43.3 Å². The molecule has 1 amide bonds. The highest BCUT2D eigenvalue weighted by Gasteiger charge is 2.25. The Morgan fingerprint density at radius 3 is 2.44 bits per heavy atom. The first-order valence-electron chi connectivity index (χ1n) is 12.5. The zero-order chi connectivity index (χ0) is 29.2. The largest absolute Gasteiger partial charge is 0.351 e. The molecule has 3 aromatic heterocycles. The van der Waals surface area contributed by atoms with Crippen molar-refractivity contribution in [1.82, 2.24) is 38.3 Å². The number of anilines is 1. The van der Waals surface area contributed by atoms with Crippen LogP contribution in [0.15, 0.2) is 64.9 Å². The molecule has 0 unspecified atom stereocenters. The number of hydrogen-bond acceptors (Lipinski definition) is 11. The third-order valence-electron chi connectivity index (χ3n) is 6.64. The average Bonchev–Trinajstić information content (AvgIpc) is 3.50. The number of nitrogens with zero attached hydrogens (tertiary/aromatic N) is 7. The van der Waals surface area contributed by atoms with Crippen molar-refractivity contribution in [2.75, 3.05) is 24.7 Å². The minimum absolute atomic E-state index is 0.0189. The Labute approximate surface area is 235 Å². The molecule has 17 heteroatoms. The Kier molecular flexibility index (Phi) is 7.83. The maximum atomic E-state index is 12.8. The molecule has 1 aromatic carbocycles. The number of pyridine rings is 1. The minimum atomic E-state index is -3.86. The summed E-state index contributed by atoms with van der Waals surface area (Å²) in [4.78, 5) is 37.9. The Balaban J connectivity index is 1.24. The van der Waals surface area contributed by atoms with Gasteiger partial charge >= 0.3 is 0 Å². The highest BCUT2D eigenvalue weighted by molar-refractivity contribution is 7.89. The number of rotatable bonds is 9. The molecule has 4 aromatic rings. The van der Waals surface area contributed by atoms with Crippen LogP contribution in [0, 0.1) is 0 Å². The molecule has 1 aliphatic rings. The zero-order valence-electron chi connectivity index (χ0n) is 21.9. The first kappa shape index (κ1) is 28.3. The van der Waals surface area contributed by atoms with Gasteiger partial charge in [0.1, 0.15) is 24.8 Å². The molecule has 0 spiro atoms. The molecule has 1 fully saturated rings. The van der Waals surface area contributed by atoms with Gasteiger partial charge in [0.2, 0.25) is 21.9 Å². The third kappa shape index (κ3) is 6.41. The number of fused-ring (bicyclic) bond motifs is 1. The molecular formula is C24H27N9O6S2. The van der Waals surface area contributed by atoms with Crippen molar-refractivity contribution in [1.29, 1.82) is 0 Å². The lowest BCUT2D eigenvalue weighted by molar-refractivity contribution is -0.121. The van der Waals surface area contributed by atoms with Gasteiger partial charge in [-0.15, -0.1) is 9.19 Å². The Hall–Kier alpha value is -4.22. The maximum absolute atomic E-state index is 12.8. The van der Waals surface area contributed by atoms with Gasteiger partial charge in [-0.05, 0) is 36.6 Å². The number of aromatic nitrogens is 6.